The van der Waals surface area contributed by atoms with Crippen molar-refractivity contribution in [1.29, 1.82) is 0 Å². The molecule has 2 heterocycles. The molecule has 0 saturated heterocycles. The molecule has 0 aromatic carbocycles. The lowest BCUT2D eigenvalue weighted by Crippen LogP contribution is -2.27. The lowest BCUT2D eigenvalue weighted by atomic mass is 10.1. The van der Waals surface area contributed by atoms with E-state index in [-0.39, 0.29) is 11.6 Å². The lowest BCUT2D eigenvalue weighted by Gasteiger charge is -2.14. The highest BCUT2D eigenvalue weighted by atomic mass is 16.5. The van der Waals surface area contributed by atoms with Crippen molar-refractivity contribution in [2.45, 2.75) is 40.3 Å². The zero-order valence-corrected chi connectivity index (χ0v) is 11.6. The molecule has 0 radical (unpaired) electrons. The molecule has 0 aliphatic heterocycles. The Morgan fingerprint density at radius 3 is 2.74 bits per heavy atom. The second-order valence-electron chi connectivity index (χ2n) is 4.69. The molecule has 0 aliphatic carbocycles. The number of aryl methyl sites for hydroxylation is 3. The summed E-state index contributed by atoms with van der Waals surface area (Å²) in [6.45, 7) is 7.93. The van der Waals surface area contributed by atoms with Crippen molar-refractivity contribution in [3.05, 3.63) is 45.0 Å². The Hall–Kier alpha value is -1.95. The van der Waals surface area contributed by atoms with Gasteiger partial charge in [0, 0.05) is 17.8 Å². The molecule has 2 N–H and O–H groups in total. The Morgan fingerprint density at radius 1 is 1.42 bits per heavy atom. The molecule has 0 aliphatic rings. The van der Waals surface area contributed by atoms with Gasteiger partial charge in [-0.1, -0.05) is 5.16 Å². The number of aromatic nitrogens is 3. The Labute approximate surface area is 111 Å². The van der Waals surface area contributed by atoms with E-state index in [9.17, 15) is 4.79 Å². The van der Waals surface area contributed by atoms with Crippen LogP contribution in [0.3, 0.4) is 0 Å². The van der Waals surface area contributed by atoms with Gasteiger partial charge in [0.25, 0.3) is 5.56 Å². The molecule has 102 valence electrons. The zero-order valence-electron chi connectivity index (χ0n) is 11.6. The number of nitrogens with one attached hydrogen (secondary N) is 2. The molecular formula is C13H18N4O2. The van der Waals surface area contributed by atoms with Gasteiger partial charge >= 0.3 is 0 Å². The Bertz CT molecular complexity index is 630. The van der Waals surface area contributed by atoms with Crippen LogP contribution in [0.4, 0.5) is 0 Å². The SMILES string of the molecule is Cc1cc(CNC(C)c2c(C)nc(C)[nH]c2=O)on1. The maximum atomic E-state index is 11.9. The van der Waals surface area contributed by atoms with Crippen LogP contribution < -0.4 is 10.9 Å². The molecule has 19 heavy (non-hydrogen) atoms. The zero-order chi connectivity index (χ0) is 14.0. The number of H-pyrrole nitrogens is 1. The summed E-state index contributed by atoms with van der Waals surface area (Å²) in [7, 11) is 0. The van der Waals surface area contributed by atoms with Crippen LogP contribution in [0, 0.1) is 20.8 Å². The highest BCUT2D eigenvalue weighted by molar-refractivity contribution is 5.20. The number of nitrogens with zero attached hydrogens (tertiary/aromatic N) is 2. The van der Waals surface area contributed by atoms with Gasteiger partial charge in [-0.25, -0.2) is 4.98 Å². The summed E-state index contributed by atoms with van der Waals surface area (Å²) < 4.78 is 5.12. The fourth-order valence-corrected chi connectivity index (χ4v) is 2.10. The predicted octanol–water partition coefficient (Wildman–Crippen LogP) is 1.53. The second-order valence-corrected chi connectivity index (χ2v) is 4.69. The fraction of sp³-hybridized carbons (Fsp3) is 0.462. The minimum absolute atomic E-state index is 0.0984. The van der Waals surface area contributed by atoms with E-state index in [1.807, 2.05) is 26.8 Å². The van der Waals surface area contributed by atoms with E-state index >= 15 is 0 Å². The molecular weight excluding hydrogens is 244 g/mol. The van der Waals surface area contributed by atoms with Crippen LogP contribution in [-0.2, 0) is 6.54 Å². The molecule has 0 saturated carbocycles. The molecule has 2 aromatic heterocycles. The summed E-state index contributed by atoms with van der Waals surface area (Å²) in [6.07, 6.45) is 0. The van der Waals surface area contributed by atoms with Crippen molar-refractivity contribution in [2.75, 3.05) is 0 Å². The van der Waals surface area contributed by atoms with Gasteiger partial charge in [0.05, 0.1) is 17.8 Å². The van der Waals surface area contributed by atoms with Crippen LogP contribution in [0.2, 0.25) is 0 Å². The molecule has 0 amide bonds. The summed E-state index contributed by atoms with van der Waals surface area (Å²) in [5.74, 6) is 1.38. The molecule has 6 heteroatoms. The summed E-state index contributed by atoms with van der Waals surface area (Å²) in [4.78, 5) is 19.0. The molecule has 2 rings (SSSR count). The Morgan fingerprint density at radius 2 is 2.16 bits per heavy atom. The maximum absolute atomic E-state index is 11.9. The van der Waals surface area contributed by atoms with Crippen LogP contribution in [0.1, 0.15) is 41.5 Å². The average molecular weight is 262 g/mol. The predicted molar refractivity (Wildman–Crippen MR) is 70.8 cm³/mol. The standard InChI is InChI=1S/C13H18N4O2/c1-7-5-11(19-17-7)6-14-8(2)12-9(3)15-10(4)16-13(12)18/h5,8,14H,6H2,1-4H3,(H,15,16,18). The summed E-state index contributed by atoms with van der Waals surface area (Å²) in [6, 6.07) is 1.76. The Balaban J connectivity index is 2.12. The van der Waals surface area contributed by atoms with Crippen molar-refractivity contribution < 1.29 is 4.52 Å². The van der Waals surface area contributed by atoms with E-state index < -0.39 is 0 Å². The van der Waals surface area contributed by atoms with Crippen molar-refractivity contribution in [2.24, 2.45) is 0 Å². The van der Waals surface area contributed by atoms with Gasteiger partial charge in [0.1, 0.15) is 5.82 Å². The normalized spacial score (nSPS) is 12.6. The smallest absolute Gasteiger partial charge is 0.255 e. The first-order valence-corrected chi connectivity index (χ1v) is 6.20. The quantitative estimate of drug-likeness (QED) is 0.873. The number of rotatable bonds is 4. The summed E-state index contributed by atoms with van der Waals surface area (Å²) in [5.41, 5.74) is 2.14. The van der Waals surface area contributed by atoms with E-state index in [1.165, 1.54) is 0 Å². The van der Waals surface area contributed by atoms with Crippen LogP contribution in [0.15, 0.2) is 15.4 Å². The van der Waals surface area contributed by atoms with Crippen LogP contribution in [-0.4, -0.2) is 15.1 Å². The third kappa shape index (κ3) is 3.08. The number of hydrogen-bond donors (Lipinski definition) is 2. The molecule has 0 fully saturated rings. The first-order valence-electron chi connectivity index (χ1n) is 6.20. The van der Waals surface area contributed by atoms with Gasteiger partial charge in [-0.2, -0.15) is 0 Å². The molecule has 0 spiro atoms. The summed E-state index contributed by atoms with van der Waals surface area (Å²) >= 11 is 0. The average Bonchev–Trinajstić information content (AvgIpc) is 2.71. The second kappa shape index (κ2) is 5.36. The molecule has 2 aromatic rings. The molecule has 6 nitrogen and oxygen atoms in total. The molecule has 1 unspecified atom stereocenters. The summed E-state index contributed by atoms with van der Waals surface area (Å²) in [5, 5.41) is 7.05. The number of hydrogen-bond acceptors (Lipinski definition) is 5. The van der Waals surface area contributed by atoms with E-state index in [1.54, 1.807) is 6.92 Å². The van der Waals surface area contributed by atoms with Gasteiger partial charge in [0.15, 0.2) is 5.76 Å². The van der Waals surface area contributed by atoms with Crippen molar-refractivity contribution >= 4 is 0 Å². The van der Waals surface area contributed by atoms with E-state index in [2.05, 4.69) is 20.4 Å². The van der Waals surface area contributed by atoms with Crippen LogP contribution in [0.25, 0.3) is 0 Å². The fourth-order valence-electron chi connectivity index (χ4n) is 2.10. The van der Waals surface area contributed by atoms with E-state index in [4.69, 9.17) is 4.52 Å². The first-order chi connectivity index (χ1) is 8.97. The maximum Gasteiger partial charge on any atom is 0.255 e. The van der Waals surface area contributed by atoms with Gasteiger partial charge in [0.2, 0.25) is 0 Å². The van der Waals surface area contributed by atoms with E-state index in [0.29, 0.717) is 17.9 Å². The van der Waals surface area contributed by atoms with Gasteiger partial charge < -0.3 is 14.8 Å². The van der Waals surface area contributed by atoms with E-state index in [0.717, 1.165) is 17.1 Å². The van der Waals surface area contributed by atoms with Crippen molar-refractivity contribution in [3.63, 3.8) is 0 Å². The monoisotopic (exact) mass is 262 g/mol. The van der Waals surface area contributed by atoms with Crippen molar-refractivity contribution in [3.8, 4) is 0 Å². The topological polar surface area (TPSA) is 83.8 Å². The number of aromatic amines is 1. The minimum atomic E-state index is -0.109. The Kier molecular flexibility index (Phi) is 3.80. The minimum Gasteiger partial charge on any atom is -0.360 e. The largest absolute Gasteiger partial charge is 0.360 e. The van der Waals surface area contributed by atoms with Crippen molar-refractivity contribution in [1.82, 2.24) is 20.4 Å². The lowest BCUT2D eigenvalue weighted by molar-refractivity contribution is 0.362. The first kappa shape index (κ1) is 13.5. The third-order valence-corrected chi connectivity index (χ3v) is 2.96. The van der Waals surface area contributed by atoms with Gasteiger partial charge in [-0.3, -0.25) is 4.79 Å². The van der Waals surface area contributed by atoms with Gasteiger partial charge in [-0.15, -0.1) is 0 Å². The highest BCUT2D eigenvalue weighted by Crippen LogP contribution is 2.12. The third-order valence-electron chi connectivity index (χ3n) is 2.96. The molecule has 1 atom stereocenters. The van der Waals surface area contributed by atoms with Crippen LogP contribution >= 0.6 is 0 Å². The van der Waals surface area contributed by atoms with Crippen LogP contribution in [0.5, 0.6) is 0 Å². The molecule has 0 bridgehead atoms. The highest BCUT2D eigenvalue weighted by Gasteiger charge is 2.14. The van der Waals surface area contributed by atoms with Gasteiger partial charge in [-0.05, 0) is 27.7 Å².